The van der Waals surface area contributed by atoms with Crippen LogP contribution in [0.4, 0.5) is 18.9 Å². The van der Waals surface area contributed by atoms with E-state index in [4.69, 9.17) is 9.47 Å². The number of ether oxygens (including phenoxy) is 2. The first kappa shape index (κ1) is 24.9. The fourth-order valence-electron chi connectivity index (χ4n) is 2.85. The van der Waals surface area contributed by atoms with Gasteiger partial charge in [-0.25, -0.2) is 0 Å². The van der Waals surface area contributed by atoms with Gasteiger partial charge in [0.1, 0.15) is 17.2 Å². The third kappa shape index (κ3) is 7.70. The Morgan fingerprint density at radius 2 is 1.81 bits per heavy atom. The van der Waals surface area contributed by atoms with Crippen molar-refractivity contribution in [1.82, 2.24) is 0 Å². The molecule has 2 aromatic carbocycles. The van der Waals surface area contributed by atoms with E-state index in [0.29, 0.717) is 34.4 Å². The zero-order valence-corrected chi connectivity index (χ0v) is 19.5. The maximum absolute atomic E-state index is 12.6. The van der Waals surface area contributed by atoms with Crippen LogP contribution in [0.15, 0.2) is 41.6 Å². The quantitative estimate of drug-likeness (QED) is 0.258. The second-order valence-electron chi connectivity index (χ2n) is 7.93. The highest BCUT2D eigenvalue weighted by Crippen LogP contribution is 2.33. The van der Waals surface area contributed by atoms with E-state index in [9.17, 15) is 22.9 Å². The van der Waals surface area contributed by atoms with Crippen LogP contribution in [0.5, 0.6) is 11.5 Å². The van der Waals surface area contributed by atoms with Crippen LogP contribution in [0.3, 0.4) is 0 Å². The fraction of sp³-hybridized carbons (Fsp3) is 0.381. The molecule has 0 fully saturated rings. The minimum Gasteiger partial charge on any atom is -0.469 e. The molecular formula is C21H24F3NO4SSi. The van der Waals surface area contributed by atoms with Gasteiger partial charge >= 0.3 is 12.1 Å². The third-order valence-corrected chi connectivity index (χ3v) is 7.40. The van der Waals surface area contributed by atoms with Crippen molar-refractivity contribution >= 4 is 36.7 Å². The van der Waals surface area contributed by atoms with E-state index in [2.05, 4.69) is 24.8 Å². The molecule has 31 heavy (non-hydrogen) atoms. The predicted octanol–water partition coefficient (Wildman–Crippen LogP) is 5.93. The minimum atomic E-state index is -4.29. The summed E-state index contributed by atoms with van der Waals surface area (Å²) in [5, 5.41) is 3.86. The van der Waals surface area contributed by atoms with E-state index in [1.54, 1.807) is 6.07 Å². The molecule has 0 unspecified atom stereocenters. The highest BCUT2D eigenvalue weighted by atomic mass is 32.2. The van der Waals surface area contributed by atoms with Crippen LogP contribution in [-0.2, 0) is 21.7 Å². The van der Waals surface area contributed by atoms with Crippen LogP contribution in [0, 0.1) is 4.91 Å². The monoisotopic (exact) mass is 471 g/mol. The first-order valence-corrected chi connectivity index (χ1v) is 14.1. The number of rotatable bonds is 9. The number of esters is 1. The summed E-state index contributed by atoms with van der Waals surface area (Å²) < 4.78 is 48.5. The Morgan fingerprint density at radius 3 is 2.39 bits per heavy atom. The third-order valence-electron chi connectivity index (χ3n) is 4.32. The van der Waals surface area contributed by atoms with Crippen molar-refractivity contribution in [2.45, 2.75) is 38.0 Å². The van der Waals surface area contributed by atoms with Crippen LogP contribution in [0.2, 0.25) is 19.6 Å². The van der Waals surface area contributed by atoms with E-state index in [1.165, 1.54) is 25.3 Å². The zero-order valence-electron chi connectivity index (χ0n) is 17.7. The molecule has 0 aromatic heterocycles. The SMILES string of the molecule is COC(=O)Cc1ccc([Si](C)(C)C)c(Oc2ccc(N=O)cc2CSCC(F)(F)F)c1. The van der Waals surface area contributed by atoms with Crippen LogP contribution in [0.1, 0.15) is 11.1 Å². The van der Waals surface area contributed by atoms with Gasteiger partial charge < -0.3 is 9.47 Å². The molecule has 0 aliphatic carbocycles. The number of halogens is 3. The number of nitrogens with zero attached hydrogens (tertiary/aromatic N) is 1. The topological polar surface area (TPSA) is 65.0 Å². The van der Waals surface area contributed by atoms with Gasteiger partial charge in [-0.1, -0.05) is 31.8 Å². The molecule has 0 bridgehead atoms. The summed E-state index contributed by atoms with van der Waals surface area (Å²) in [6.07, 6.45) is -4.22. The Kier molecular flexibility index (Phi) is 8.30. The lowest BCUT2D eigenvalue weighted by molar-refractivity contribution is -0.139. The predicted molar refractivity (Wildman–Crippen MR) is 119 cm³/mol. The largest absolute Gasteiger partial charge is 0.469 e. The smallest absolute Gasteiger partial charge is 0.397 e. The summed E-state index contributed by atoms with van der Waals surface area (Å²) in [5.74, 6) is -0.522. The van der Waals surface area contributed by atoms with Gasteiger partial charge in [-0.05, 0) is 40.2 Å². The van der Waals surface area contributed by atoms with E-state index in [-0.39, 0.29) is 17.9 Å². The lowest BCUT2D eigenvalue weighted by Gasteiger charge is -2.22. The Bertz CT molecular complexity index is 945. The molecule has 0 saturated heterocycles. The zero-order chi connectivity index (χ0) is 23.2. The molecule has 5 nitrogen and oxygen atoms in total. The van der Waals surface area contributed by atoms with Crippen LogP contribution >= 0.6 is 11.8 Å². The normalized spacial score (nSPS) is 11.8. The van der Waals surface area contributed by atoms with E-state index in [0.717, 1.165) is 5.19 Å². The van der Waals surface area contributed by atoms with Crippen molar-refractivity contribution in [3.63, 3.8) is 0 Å². The van der Waals surface area contributed by atoms with Gasteiger partial charge in [0.15, 0.2) is 0 Å². The van der Waals surface area contributed by atoms with Gasteiger partial charge in [0.25, 0.3) is 0 Å². The average molecular weight is 472 g/mol. The molecule has 0 N–H and O–H groups in total. The highest BCUT2D eigenvalue weighted by Gasteiger charge is 2.27. The molecule has 2 rings (SSSR count). The fourth-order valence-corrected chi connectivity index (χ4v) is 5.07. The number of thioether (sulfide) groups is 1. The van der Waals surface area contributed by atoms with E-state index in [1.807, 2.05) is 12.1 Å². The second-order valence-corrected chi connectivity index (χ2v) is 14.0. The molecular weight excluding hydrogens is 447 g/mol. The van der Waals surface area contributed by atoms with Crippen molar-refractivity contribution < 1.29 is 27.4 Å². The average Bonchev–Trinajstić information content (AvgIpc) is 2.67. The van der Waals surface area contributed by atoms with Crippen LogP contribution < -0.4 is 9.92 Å². The van der Waals surface area contributed by atoms with Crippen LogP contribution in [-0.4, -0.2) is 33.1 Å². The number of carbonyl (C=O) groups excluding carboxylic acids is 1. The Morgan fingerprint density at radius 1 is 1.10 bits per heavy atom. The Balaban J connectivity index is 2.41. The van der Waals surface area contributed by atoms with Gasteiger partial charge in [-0.15, -0.1) is 16.7 Å². The number of carbonyl (C=O) groups is 1. The lowest BCUT2D eigenvalue weighted by atomic mass is 10.1. The highest BCUT2D eigenvalue weighted by molar-refractivity contribution is 7.98. The molecule has 0 amide bonds. The number of benzene rings is 2. The summed E-state index contributed by atoms with van der Waals surface area (Å²) in [7, 11) is -0.543. The first-order chi connectivity index (χ1) is 14.4. The number of alkyl halides is 3. The molecule has 2 aromatic rings. The second kappa shape index (κ2) is 10.3. The maximum atomic E-state index is 12.6. The molecule has 0 aliphatic rings. The van der Waals surface area contributed by atoms with Crippen molar-refractivity contribution in [1.29, 1.82) is 0 Å². The van der Waals surface area contributed by atoms with Gasteiger partial charge in [-0.2, -0.15) is 13.2 Å². The Labute approximate surface area is 184 Å². The van der Waals surface area contributed by atoms with Gasteiger partial charge in [0.05, 0.1) is 27.4 Å². The standard InChI is InChI=1S/C21H24F3NO4SSi/c1-28-20(26)10-14-5-8-19(31(2,3)4)18(9-14)29-17-7-6-16(25-27)11-15(17)12-30-13-21(22,23)24/h5-9,11H,10,12-13H2,1-4H3. The lowest BCUT2D eigenvalue weighted by Crippen LogP contribution is -2.38. The molecule has 0 spiro atoms. The molecule has 168 valence electrons. The molecule has 0 saturated carbocycles. The van der Waals surface area contributed by atoms with Gasteiger partial charge in [0.2, 0.25) is 0 Å². The molecule has 10 heteroatoms. The van der Waals surface area contributed by atoms with Crippen LogP contribution in [0.25, 0.3) is 0 Å². The summed E-state index contributed by atoms with van der Waals surface area (Å²) in [6, 6.07) is 9.92. The summed E-state index contributed by atoms with van der Waals surface area (Å²) >= 11 is 0.680. The van der Waals surface area contributed by atoms with Crippen molar-refractivity contribution in [2.75, 3.05) is 12.9 Å². The minimum absolute atomic E-state index is 0.00232. The van der Waals surface area contributed by atoms with Crippen molar-refractivity contribution in [3.8, 4) is 11.5 Å². The molecule has 0 atom stereocenters. The molecule has 0 radical (unpaired) electrons. The van der Waals surface area contributed by atoms with E-state index >= 15 is 0 Å². The molecule has 0 heterocycles. The molecule has 0 aliphatic heterocycles. The van der Waals surface area contributed by atoms with Gasteiger partial charge in [0, 0.05) is 11.3 Å². The van der Waals surface area contributed by atoms with Crippen molar-refractivity contribution in [3.05, 3.63) is 52.4 Å². The van der Waals surface area contributed by atoms with E-state index < -0.39 is 26.0 Å². The summed E-state index contributed by atoms with van der Waals surface area (Å²) in [6.45, 7) is 6.40. The Hall–Kier alpha value is -2.33. The van der Waals surface area contributed by atoms with Crippen molar-refractivity contribution in [2.24, 2.45) is 5.18 Å². The van der Waals surface area contributed by atoms with Gasteiger partial charge in [-0.3, -0.25) is 4.79 Å². The number of nitroso groups, excluding NO2 is 1. The summed E-state index contributed by atoms with van der Waals surface area (Å²) in [5.41, 5.74) is 1.24. The number of methoxy groups -OCH3 is 1. The first-order valence-electron chi connectivity index (χ1n) is 9.42. The maximum Gasteiger partial charge on any atom is 0.397 e. The number of hydrogen-bond acceptors (Lipinski definition) is 6. The number of hydrogen-bond donors (Lipinski definition) is 0. The summed E-state index contributed by atoms with van der Waals surface area (Å²) in [4.78, 5) is 22.6.